The quantitative estimate of drug-likeness (QED) is 0.831. The van der Waals surface area contributed by atoms with Crippen molar-refractivity contribution in [3.05, 3.63) is 39.8 Å². The van der Waals surface area contributed by atoms with Crippen molar-refractivity contribution in [2.75, 3.05) is 13.1 Å². The molecule has 1 saturated heterocycles. The fourth-order valence-corrected chi connectivity index (χ4v) is 3.86. The van der Waals surface area contributed by atoms with Gasteiger partial charge >= 0.3 is 6.03 Å². The van der Waals surface area contributed by atoms with Crippen molar-refractivity contribution in [3.63, 3.8) is 0 Å². The second-order valence-electron chi connectivity index (χ2n) is 5.72. The zero-order valence-electron chi connectivity index (χ0n) is 12.8. The molecule has 0 bridgehead atoms. The van der Waals surface area contributed by atoms with E-state index in [9.17, 15) is 4.79 Å². The van der Waals surface area contributed by atoms with Crippen molar-refractivity contribution in [1.82, 2.24) is 20.4 Å². The highest BCUT2D eigenvalue weighted by Crippen LogP contribution is 2.34. The highest BCUT2D eigenvalue weighted by molar-refractivity contribution is 7.10. The third kappa shape index (κ3) is 3.32. The van der Waals surface area contributed by atoms with Crippen LogP contribution in [0.5, 0.6) is 0 Å². The Labute approximate surface area is 134 Å². The monoisotopic (exact) mass is 318 g/mol. The van der Waals surface area contributed by atoms with Gasteiger partial charge in [0.05, 0.1) is 12.2 Å². The maximum atomic E-state index is 12.4. The maximum Gasteiger partial charge on any atom is 0.317 e. The molecule has 1 fully saturated rings. The molecule has 0 spiro atoms. The van der Waals surface area contributed by atoms with Crippen LogP contribution in [0.25, 0.3) is 0 Å². The fraction of sp³-hybridized carbons (Fsp3) is 0.500. The summed E-state index contributed by atoms with van der Waals surface area (Å²) in [5.41, 5.74) is 2.34. The number of thiophene rings is 1. The molecule has 2 aromatic heterocycles. The van der Waals surface area contributed by atoms with Gasteiger partial charge in [-0.3, -0.25) is 5.10 Å². The molecule has 3 rings (SSSR count). The van der Waals surface area contributed by atoms with Gasteiger partial charge in [-0.2, -0.15) is 5.10 Å². The summed E-state index contributed by atoms with van der Waals surface area (Å²) in [4.78, 5) is 15.7. The summed E-state index contributed by atoms with van der Waals surface area (Å²) in [5, 5.41) is 12.1. The van der Waals surface area contributed by atoms with Crippen molar-refractivity contribution in [1.29, 1.82) is 0 Å². The first-order valence-corrected chi connectivity index (χ1v) is 8.70. The van der Waals surface area contributed by atoms with Gasteiger partial charge in [-0.15, -0.1) is 11.3 Å². The third-order valence-corrected chi connectivity index (χ3v) is 5.19. The number of nitrogens with zero attached hydrogens (tertiary/aromatic N) is 2. The number of urea groups is 1. The molecule has 0 aliphatic carbocycles. The van der Waals surface area contributed by atoms with E-state index in [1.165, 1.54) is 10.4 Å². The second-order valence-corrected chi connectivity index (χ2v) is 6.70. The lowest BCUT2D eigenvalue weighted by molar-refractivity contribution is 0.193. The number of aryl methyl sites for hydroxylation is 2. The predicted molar refractivity (Wildman–Crippen MR) is 88.0 cm³/mol. The topological polar surface area (TPSA) is 61.0 Å². The van der Waals surface area contributed by atoms with Crippen LogP contribution in [-0.4, -0.2) is 34.2 Å². The molecule has 2 amide bonds. The number of likely N-dealkylation sites (tertiary alicyclic amines) is 1. The SMILES string of the molecule is Cc1[nH]ncc1CCCNC(=O)N1CCC[C@H]1c1cccs1. The van der Waals surface area contributed by atoms with E-state index in [1.807, 2.05) is 18.0 Å². The Bertz CT molecular complexity index is 607. The molecule has 2 N–H and O–H groups in total. The molecule has 1 atom stereocenters. The van der Waals surface area contributed by atoms with E-state index in [1.54, 1.807) is 11.3 Å². The van der Waals surface area contributed by atoms with Crippen LogP contribution >= 0.6 is 11.3 Å². The minimum absolute atomic E-state index is 0.0693. The van der Waals surface area contributed by atoms with Gasteiger partial charge in [0, 0.05) is 23.7 Å². The molecule has 0 saturated carbocycles. The zero-order valence-corrected chi connectivity index (χ0v) is 13.7. The minimum Gasteiger partial charge on any atom is -0.338 e. The van der Waals surface area contributed by atoms with Crippen LogP contribution in [0.15, 0.2) is 23.7 Å². The Morgan fingerprint density at radius 1 is 1.59 bits per heavy atom. The summed E-state index contributed by atoms with van der Waals surface area (Å²) in [5.74, 6) is 0. The number of rotatable bonds is 5. The Morgan fingerprint density at radius 3 is 3.23 bits per heavy atom. The van der Waals surface area contributed by atoms with Crippen LogP contribution in [0.4, 0.5) is 4.79 Å². The normalized spacial score (nSPS) is 17.9. The van der Waals surface area contributed by atoms with Crippen LogP contribution in [0.3, 0.4) is 0 Å². The first-order chi connectivity index (χ1) is 10.8. The van der Waals surface area contributed by atoms with Gasteiger partial charge in [0.25, 0.3) is 0 Å². The van der Waals surface area contributed by atoms with Gasteiger partial charge in [0.15, 0.2) is 0 Å². The lowest BCUT2D eigenvalue weighted by Gasteiger charge is -2.24. The van der Waals surface area contributed by atoms with E-state index in [-0.39, 0.29) is 12.1 Å². The standard InChI is InChI=1S/C16H22N4OS/c1-12-13(11-18-19-12)5-2-8-17-16(21)20-9-3-6-14(20)15-7-4-10-22-15/h4,7,10-11,14H,2-3,5-6,8-9H2,1H3,(H,17,21)(H,18,19)/t14-/m0/s1. The van der Waals surface area contributed by atoms with Crippen molar-refractivity contribution in [2.24, 2.45) is 0 Å². The Hall–Kier alpha value is -1.82. The summed E-state index contributed by atoms with van der Waals surface area (Å²) in [6.45, 7) is 3.59. The average molecular weight is 318 g/mol. The first-order valence-electron chi connectivity index (χ1n) is 7.82. The lowest BCUT2D eigenvalue weighted by atomic mass is 10.1. The second kappa shape index (κ2) is 6.96. The largest absolute Gasteiger partial charge is 0.338 e. The number of carbonyl (C=O) groups excluding carboxylic acids is 1. The number of hydrogen-bond donors (Lipinski definition) is 2. The number of hydrogen-bond acceptors (Lipinski definition) is 3. The molecule has 0 unspecified atom stereocenters. The molecule has 6 heteroatoms. The summed E-state index contributed by atoms with van der Waals surface area (Å²) in [6, 6.07) is 4.51. The molecule has 1 aliphatic heterocycles. The molecule has 118 valence electrons. The average Bonchev–Trinajstić information content (AvgIpc) is 3.24. The molecular formula is C16H22N4OS. The number of aromatic nitrogens is 2. The fourth-order valence-electron chi connectivity index (χ4n) is 2.99. The van der Waals surface area contributed by atoms with Crippen molar-refractivity contribution in [3.8, 4) is 0 Å². The van der Waals surface area contributed by atoms with Crippen LogP contribution in [0.2, 0.25) is 0 Å². The number of amides is 2. The van der Waals surface area contributed by atoms with E-state index >= 15 is 0 Å². The van der Waals surface area contributed by atoms with Gasteiger partial charge in [-0.1, -0.05) is 6.07 Å². The summed E-state index contributed by atoms with van der Waals surface area (Å²) < 4.78 is 0. The molecule has 1 aliphatic rings. The van der Waals surface area contributed by atoms with Crippen molar-refractivity contribution >= 4 is 17.4 Å². The highest BCUT2D eigenvalue weighted by Gasteiger charge is 2.30. The van der Waals surface area contributed by atoms with Crippen LogP contribution in [0, 0.1) is 6.92 Å². The smallest absolute Gasteiger partial charge is 0.317 e. The number of nitrogens with one attached hydrogen (secondary N) is 2. The highest BCUT2D eigenvalue weighted by atomic mass is 32.1. The molecule has 3 heterocycles. The van der Waals surface area contributed by atoms with Gasteiger partial charge in [0.2, 0.25) is 0 Å². The molecule has 2 aromatic rings. The van der Waals surface area contributed by atoms with Gasteiger partial charge < -0.3 is 10.2 Å². The van der Waals surface area contributed by atoms with Gasteiger partial charge in [-0.05, 0) is 49.6 Å². The van der Waals surface area contributed by atoms with Crippen molar-refractivity contribution < 1.29 is 4.79 Å². The summed E-state index contributed by atoms with van der Waals surface area (Å²) in [6.07, 6.45) is 5.90. The van der Waals surface area contributed by atoms with Crippen LogP contribution < -0.4 is 5.32 Å². The van der Waals surface area contributed by atoms with E-state index in [2.05, 4.69) is 33.0 Å². The maximum absolute atomic E-state index is 12.4. The Morgan fingerprint density at radius 2 is 2.50 bits per heavy atom. The Kier molecular flexibility index (Phi) is 4.77. The minimum atomic E-state index is 0.0693. The molecule has 5 nitrogen and oxygen atoms in total. The van der Waals surface area contributed by atoms with E-state index in [0.29, 0.717) is 6.54 Å². The van der Waals surface area contributed by atoms with Gasteiger partial charge in [-0.25, -0.2) is 4.79 Å². The van der Waals surface area contributed by atoms with Gasteiger partial charge in [0.1, 0.15) is 0 Å². The number of aromatic amines is 1. The van der Waals surface area contributed by atoms with E-state index < -0.39 is 0 Å². The van der Waals surface area contributed by atoms with Crippen LogP contribution in [-0.2, 0) is 6.42 Å². The Balaban J connectivity index is 1.46. The lowest BCUT2D eigenvalue weighted by Crippen LogP contribution is -2.39. The number of H-pyrrole nitrogens is 1. The number of carbonyl (C=O) groups is 1. The molecule has 22 heavy (non-hydrogen) atoms. The summed E-state index contributed by atoms with van der Waals surface area (Å²) in [7, 11) is 0. The predicted octanol–water partition coefficient (Wildman–Crippen LogP) is 3.26. The molecule has 0 radical (unpaired) electrons. The van der Waals surface area contributed by atoms with Crippen molar-refractivity contribution in [2.45, 2.75) is 38.6 Å². The zero-order chi connectivity index (χ0) is 15.4. The molecular weight excluding hydrogens is 296 g/mol. The van der Waals surface area contributed by atoms with E-state index in [0.717, 1.165) is 37.9 Å². The first kappa shape index (κ1) is 15.1. The summed E-state index contributed by atoms with van der Waals surface area (Å²) >= 11 is 1.74. The molecule has 0 aromatic carbocycles. The van der Waals surface area contributed by atoms with Crippen LogP contribution in [0.1, 0.15) is 41.4 Å². The third-order valence-electron chi connectivity index (χ3n) is 4.22. The van der Waals surface area contributed by atoms with E-state index in [4.69, 9.17) is 0 Å².